The van der Waals surface area contributed by atoms with Crippen molar-refractivity contribution < 1.29 is 9.53 Å². The molecule has 0 aromatic carbocycles. The van der Waals surface area contributed by atoms with E-state index in [0.717, 1.165) is 19.5 Å². The van der Waals surface area contributed by atoms with E-state index < -0.39 is 0 Å². The van der Waals surface area contributed by atoms with Crippen LogP contribution < -0.4 is 0 Å². The molecule has 0 aliphatic heterocycles. The van der Waals surface area contributed by atoms with Crippen molar-refractivity contribution in [2.75, 3.05) is 26.8 Å². The van der Waals surface area contributed by atoms with Crippen molar-refractivity contribution >= 4 is 5.78 Å². The maximum Gasteiger partial charge on any atom is 0.157 e. The molecule has 0 spiro atoms. The van der Waals surface area contributed by atoms with Crippen LogP contribution in [0.25, 0.3) is 0 Å². The number of carbonyl (C=O) groups is 1. The van der Waals surface area contributed by atoms with Crippen LogP contribution >= 0.6 is 0 Å². The van der Waals surface area contributed by atoms with Crippen molar-refractivity contribution in [3.63, 3.8) is 0 Å². The second-order valence-electron chi connectivity index (χ2n) is 4.79. The molecule has 0 bridgehead atoms. The predicted octanol–water partition coefficient (Wildman–Crippen LogP) is 2.35. The van der Waals surface area contributed by atoms with Gasteiger partial charge in [-0.2, -0.15) is 0 Å². The molecule has 0 rings (SSSR count). The Morgan fingerprint density at radius 1 is 1.25 bits per heavy atom. The van der Waals surface area contributed by atoms with E-state index in [1.54, 1.807) is 7.11 Å². The van der Waals surface area contributed by atoms with E-state index in [1.807, 2.05) is 13.8 Å². The second kappa shape index (κ2) is 7.02. The van der Waals surface area contributed by atoms with Crippen molar-refractivity contribution in [2.45, 2.75) is 47.1 Å². The molecule has 0 radical (unpaired) electrons. The van der Waals surface area contributed by atoms with Crippen LogP contribution in [-0.2, 0) is 9.53 Å². The van der Waals surface area contributed by atoms with Gasteiger partial charge in [0.2, 0.25) is 0 Å². The zero-order valence-electron chi connectivity index (χ0n) is 11.7. The molecule has 3 heteroatoms. The molecule has 16 heavy (non-hydrogen) atoms. The van der Waals surface area contributed by atoms with Gasteiger partial charge in [0.1, 0.15) is 0 Å². The number of likely N-dealkylation sites (N-methyl/N-ethyl adjacent to an activating group) is 1. The van der Waals surface area contributed by atoms with Crippen molar-refractivity contribution in [1.82, 2.24) is 4.90 Å². The van der Waals surface area contributed by atoms with E-state index in [2.05, 4.69) is 25.7 Å². The Hall–Kier alpha value is -0.410. The van der Waals surface area contributed by atoms with Gasteiger partial charge in [-0.25, -0.2) is 0 Å². The number of ketones is 1. The molecular formula is C13H27NO2. The molecule has 96 valence electrons. The minimum absolute atomic E-state index is 0.102. The van der Waals surface area contributed by atoms with E-state index in [9.17, 15) is 4.79 Å². The topological polar surface area (TPSA) is 29.5 Å². The number of carbonyl (C=O) groups excluding carboxylic acids is 1. The Labute approximate surface area is 100 Å². The number of nitrogens with zero attached hydrogens (tertiary/aromatic N) is 1. The Morgan fingerprint density at radius 3 is 2.06 bits per heavy atom. The third kappa shape index (κ3) is 3.87. The summed E-state index contributed by atoms with van der Waals surface area (Å²) in [5.74, 6) is 0.292. The van der Waals surface area contributed by atoms with Crippen molar-refractivity contribution in [2.24, 2.45) is 5.41 Å². The van der Waals surface area contributed by atoms with Gasteiger partial charge in [0, 0.05) is 12.5 Å². The lowest BCUT2D eigenvalue weighted by Gasteiger charge is -2.33. The average Bonchev–Trinajstić information content (AvgIpc) is 2.28. The van der Waals surface area contributed by atoms with Gasteiger partial charge in [0.05, 0.1) is 12.6 Å². The van der Waals surface area contributed by atoms with Gasteiger partial charge in [0.15, 0.2) is 5.78 Å². The minimum Gasteiger partial charge on any atom is -0.383 e. The standard InChI is InChI=1S/C13H27NO2/c1-7-13(4,5)12(15)11(10-16-6)14(8-2)9-3/h11H,7-10H2,1-6H3/t11-/m1/s1. The fourth-order valence-electron chi connectivity index (χ4n) is 1.79. The fraction of sp³-hybridized carbons (Fsp3) is 0.923. The Kier molecular flexibility index (Phi) is 6.84. The van der Waals surface area contributed by atoms with E-state index in [-0.39, 0.29) is 11.5 Å². The van der Waals surface area contributed by atoms with E-state index in [4.69, 9.17) is 4.74 Å². The van der Waals surface area contributed by atoms with E-state index in [0.29, 0.717) is 12.4 Å². The van der Waals surface area contributed by atoms with Gasteiger partial charge >= 0.3 is 0 Å². The van der Waals surface area contributed by atoms with Crippen LogP contribution in [-0.4, -0.2) is 43.5 Å². The van der Waals surface area contributed by atoms with Crippen molar-refractivity contribution in [3.8, 4) is 0 Å². The number of hydrogen-bond donors (Lipinski definition) is 0. The van der Waals surface area contributed by atoms with Crippen LogP contribution in [0.5, 0.6) is 0 Å². The number of ether oxygens (including phenoxy) is 1. The first-order valence-corrected chi connectivity index (χ1v) is 6.21. The molecule has 0 unspecified atom stereocenters. The molecule has 0 fully saturated rings. The molecule has 0 heterocycles. The Balaban J connectivity index is 4.83. The highest BCUT2D eigenvalue weighted by molar-refractivity contribution is 5.89. The number of Topliss-reactive ketones (excluding diaryl/α,β-unsaturated/α-hetero) is 1. The third-order valence-corrected chi connectivity index (χ3v) is 3.43. The highest BCUT2D eigenvalue weighted by atomic mass is 16.5. The molecule has 0 aromatic heterocycles. The summed E-state index contributed by atoms with van der Waals surface area (Å²) in [5, 5.41) is 0. The van der Waals surface area contributed by atoms with Crippen LogP contribution in [0, 0.1) is 5.41 Å². The molecule has 0 aliphatic carbocycles. The number of hydrogen-bond acceptors (Lipinski definition) is 3. The zero-order chi connectivity index (χ0) is 12.8. The molecule has 3 nitrogen and oxygen atoms in total. The van der Waals surface area contributed by atoms with Crippen LogP contribution in [0.1, 0.15) is 41.0 Å². The molecule has 1 atom stereocenters. The number of rotatable bonds is 8. The largest absolute Gasteiger partial charge is 0.383 e. The third-order valence-electron chi connectivity index (χ3n) is 3.43. The molecule has 0 aromatic rings. The van der Waals surface area contributed by atoms with Gasteiger partial charge < -0.3 is 4.74 Å². The minimum atomic E-state index is -0.258. The summed E-state index contributed by atoms with van der Waals surface area (Å²) in [4.78, 5) is 14.6. The van der Waals surface area contributed by atoms with Crippen molar-refractivity contribution in [3.05, 3.63) is 0 Å². The van der Waals surface area contributed by atoms with Gasteiger partial charge in [-0.15, -0.1) is 0 Å². The summed E-state index contributed by atoms with van der Waals surface area (Å²) >= 11 is 0. The predicted molar refractivity (Wildman–Crippen MR) is 67.7 cm³/mol. The smallest absolute Gasteiger partial charge is 0.157 e. The first-order valence-electron chi connectivity index (χ1n) is 6.21. The quantitative estimate of drug-likeness (QED) is 0.640. The molecule has 0 aliphatic rings. The maximum absolute atomic E-state index is 12.4. The Bertz CT molecular complexity index is 210. The van der Waals surface area contributed by atoms with Crippen LogP contribution in [0.2, 0.25) is 0 Å². The summed E-state index contributed by atoms with van der Waals surface area (Å²) < 4.78 is 5.19. The lowest BCUT2D eigenvalue weighted by Crippen LogP contribution is -2.49. The highest BCUT2D eigenvalue weighted by Gasteiger charge is 2.34. The lowest BCUT2D eigenvalue weighted by molar-refractivity contribution is -0.134. The summed E-state index contributed by atoms with van der Waals surface area (Å²) in [6, 6.07) is -0.102. The van der Waals surface area contributed by atoms with Gasteiger partial charge in [-0.05, 0) is 19.5 Å². The van der Waals surface area contributed by atoms with Gasteiger partial charge in [-0.1, -0.05) is 34.6 Å². The SMILES string of the molecule is CCN(CC)[C@H](COC)C(=O)C(C)(C)CC. The summed E-state index contributed by atoms with van der Waals surface area (Å²) in [7, 11) is 1.66. The van der Waals surface area contributed by atoms with Crippen molar-refractivity contribution in [1.29, 1.82) is 0 Å². The van der Waals surface area contributed by atoms with Gasteiger partial charge in [-0.3, -0.25) is 9.69 Å². The molecular weight excluding hydrogens is 202 g/mol. The molecule has 0 N–H and O–H groups in total. The summed E-state index contributed by atoms with van der Waals surface area (Å²) in [5.41, 5.74) is -0.258. The van der Waals surface area contributed by atoms with Gasteiger partial charge in [0.25, 0.3) is 0 Å². The monoisotopic (exact) mass is 229 g/mol. The maximum atomic E-state index is 12.4. The summed E-state index contributed by atoms with van der Waals surface area (Å²) in [6.07, 6.45) is 0.868. The molecule has 0 saturated carbocycles. The van der Waals surface area contributed by atoms with Crippen LogP contribution in [0.15, 0.2) is 0 Å². The van der Waals surface area contributed by atoms with E-state index >= 15 is 0 Å². The van der Waals surface area contributed by atoms with Crippen LogP contribution in [0.3, 0.4) is 0 Å². The second-order valence-corrected chi connectivity index (χ2v) is 4.79. The fourth-order valence-corrected chi connectivity index (χ4v) is 1.79. The average molecular weight is 229 g/mol. The Morgan fingerprint density at radius 2 is 1.75 bits per heavy atom. The first-order chi connectivity index (χ1) is 7.44. The molecule has 0 amide bonds. The normalized spacial score (nSPS) is 14.2. The number of methoxy groups -OCH3 is 1. The highest BCUT2D eigenvalue weighted by Crippen LogP contribution is 2.24. The lowest BCUT2D eigenvalue weighted by atomic mass is 9.81. The zero-order valence-corrected chi connectivity index (χ0v) is 11.7. The summed E-state index contributed by atoms with van der Waals surface area (Å²) in [6.45, 7) is 12.5. The van der Waals surface area contributed by atoms with E-state index in [1.165, 1.54) is 0 Å². The van der Waals surface area contributed by atoms with Crippen LogP contribution in [0.4, 0.5) is 0 Å². The molecule has 0 saturated heterocycles. The first kappa shape index (κ1) is 15.6.